The topological polar surface area (TPSA) is 52.7 Å². The highest BCUT2D eigenvalue weighted by molar-refractivity contribution is 6.31. The van der Waals surface area contributed by atoms with E-state index >= 15 is 0 Å². The lowest BCUT2D eigenvalue weighted by Gasteiger charge is -2.20. The average molecular weight is 324 g/mol. The van der Waals surface area contributed by atoms with E-state index in [1.54, 1.807) is 23.1 Å². The maximum atomic E-state index is 12.2. The van der Waals surface area contributed by atoms with Gasteiger partial charge in [0.25, 0.3) is 0 Å². The molecule has 120 valence electrons. The molecule has 0 radical (unpaired) electrons. The summed E-state index contributed by atoms with van der Waals surface area (Å²) in [7, 11) is 4.01. The highest BCUT2D eigenvalue weighted by atomic mass is 35.5. The van der Waals surface area contributed by atoms with Crippen molar-refractivity contribution in [3.8, 4) is 0 Å². The first-order valence-corrected chi connectivity index (χ1v) is 7.75. The van der Waals surface area contributed by atoms with E-state index in [1.165, 1.54) is 0 Å². The molecule has 1 aliphatic rings. The second-order valence-corrected chi connectivity index (χ2v) is 6.29. The van der Waals surface area contributed by atoms with E-state index in [9.17, 15) is 9.59 Å². The molecule has 0 aliphatic carbocycles. The molecule has 1 aliphatic heterocycles. The van der Waals surface area contributed by atoms with Gasteiger partial charge in [-0.15, -0.1) is 0 Å². The molecule has 0 aromatic heterocycles. The first-order chi connectivity index (χ1) is 10.4. The Morgan fingerprint density at radius 1 is 1.41 bits per heavy atom. The summed E-state index contributed by atoms with van der Waals surface area (Å²) in [4.78, 5) is 28.1. The molecule has 0 unspecified atom stereocenters. The fourth-order valence-electron chi connectivity index (χ4n) is 2.58. The third kappa shape index (κ3) is 3.99. The van der Waals surface area contributed by atoms with Gasteiger partial charge in [0.05, 0.1) is 0 Å². The maximum absolute atomic E-state index is 12.2. The summed E-state index contributed by atoms with van der Waals surface area (Å²) in [5, 5.41) is 3.35. The number of benzene rings is 1. The first kappa shape index (κ1) is 16.8. The number of hydrogen-bond donors (Lipinski definition) is 1. The van der Waals surface area contributed by atoms with Crippen LogP contribution in [0.4, 0.5) is 5.69 Å². The molecule has 1 heterocycles. The molecule has 5 nitrogen and oxygen atoms in total. The summed E-state index contributed by atoms with van der Waals surface area (Å²) in [6.07, 6.45) is 0.819. The lowest BCUT2D eigenvalue weighted by Crippen LogP contribution is -2.36. The number of carbonyl (C=O) groups is 2. The van der Waals surface area contributed by atoms with Gasteiger partial charge in [-0.1, -0.05) is 17.7 Å². The Labute approximate surface area is 136 Å². The number of likely N-dealkylation sites (N-methyl/N-ethyl adjacent to an activating group) is 1. The van der Waals surface area contributed by atoms with E-state index in [1.807, 2.05) is 21.0 Å². The van der Waals surface area contributed by atoms with E-state index in [0.717, 1.165) is 12.0 Å². The van der Waals surface area contributed by atoms with E-state index < -0.39 is 0 Å². The third-order valence-corrected chi connectivity index (χ3v) is 4.51. The SMILES string of the molecule is Cc1c(Cl)cccc1NC(=O)CC(=O)N1CC[C@H](N(C)C)C1. The van der Waals surface area contributed by atoms with Crippen molar-refractivity contribution >= 4 is 29.1 Å². The van der Waals surface area contributed by atoms with Gasteiger partial charge in [-0.2, -0.15) is 0 Å². The molecule has 0 saturated carbocycles. The van der Waals surface area contributed by atoms with Crippen molar-refractivity contribution in [1.82, 2.24) is 9.80 Å². The van der Waals surface area contributed by atoms with Crippen molar-refractivity contribution in [1.29, 1.82) is 0 Å². The van der Waals surface area contributed by atoms with Gasteiger partial charge >= 0.3 is 0 Å². The van der Waals surface area contributed by atoms with Gasteiger partial charge in [-0.3, -0.25) is 9.59 Å². The standard InChI is InChI=1S/C16H22ClN3O2/c1-11-13(17)5-4-6-14(11)18-15(21)9-16(22)20-8-7-12(10-20)19(2)3/h4-6,12H,7-10H2,1-3H3,(H,18,21)/t12-/m0/s1. The number of likely N-dealkylation sites (tertiary alicyclic amines) is 1. The van der Waals surface area contributed by atoms with Gasteiger partial charge in [0, 0.05) is 29.8 Å². The van der Waals surface area contributed by atoms with Crippen LogP contribution in [-0.2, 0) is 9.59 Å². The van der Waals surface area contributed by atoms with Crippen molar-refractivity contribution < 1.29 is 9.59 Å². The minimum absolute atomic E-state index is 0.124. The molecule has 2 amide bonds. The minimum atomic E-state index is -0.302. The van der Waals surface area contributed by atoms with Crippen LogP contribution in [0.15, 0.2) is 18.2 Å². The van der Waals surface area contributed by atoms with Crippen LogP contribution in [0.5, 0.6) is 0 Å². The molecule has 1 atom stereocenters. The van der Waals surface area contributed by atoms with Crippen molar-refractivity contribution in [2.24, 2.45) is 0 Å². The van der Waals surface area contributed by atoms with Gasteiger partial charge in [0.15, 0.2) is 0 Å². The largest absolute Gasteiger partial charge is 0.341 e. The lowest BCUT2D eigenvalue weighted by atomic mass is 10.2. The molecule has 0 spiro atoms. The highest BCUT2D eigenvalue weighted by Gasteiger charge is 2.28. The summed E-state index contributed by atoms with van der Waals surface area (Å²) < 4.78 is 0. The monoisotopic (exact) mass is 323 g/mol. The summed E-state index contributed by atoms with van der Waals surface area (Å²) in [6, 6.07) is 5.70. The maximum Gasteiger partial charge on any atom is 0.233 e. The number of anilines is 1. The number of carbonyl (C=O) groups excluding carboxylic acids is 2. The van der Waals surface area contributed by atoms with Crippen molar-refractivity contribution in [2.45, 2.75) is 25.8 Å². The van der Waals surface area contributed by atoms with Crippen LogP contribution < -0.4 is 5.32 Å². The number of amides is 2. The fourth-order valence-corrected chi connectivity index (χ4v) is 2.75. The normalized spacial score (nSPS) is 17.9. The number of nitrogens with zero attached hydrogens (tertiary/aromatic N) is 2. The zero-order chi connectivity index (χ0) is 16.3. The molecule has 22 heavy (non-hydrogen) atoms. The van der Waals surface area contributed by atoms with Crippen LogP contribution in [0.25, 0.3) is 0 Å². The molecule has 1 fully saturated rings. The molecule has 0 bridgehead atoms. The molecule has 1 aromatic carbocycles. The van der Waals surface area contributed by atoms with Crippen molar-refractivity contribution in [3.63, 3.8) is 0 Å². The molecular weight excluding hydrogens is 302 g/mol. The predicted molar refractivity (Wildman–Crippen MR) is 88.1 cm³/mol. The molecule has 6 heteroatoms. The van der Waals surface area contributed by atoms with Gasteiger partial charge in [-0.25, -0.2) is 0 Å². The zero-order valence-electron chi connectivity index (χ0n) is 13.2. The van der Waals surface area contributed by atoms with Gasteiger partial charge in [0.2, 0.25) is 11.8 Å². The summed E-state index contributed by atoms with van der Waals surface area (Å²) in [6.45, 7) is 3.24. The molecule has 1 saturated heterocycles. The van der Waals surface area contributed by atoms with E-state index in [-0.39, 0.29) is 18.2 Å². The summed E-state index contributed by atoms with van der Waals surface area (Å²) in [5.74, 6) is -0.426. The van der Waals surface area contributed by atoms with Crippen molar-refractivity contribution in [3.05, 3.63) is 28.8 Å². The smallest absolute Gasteiger partial charge is 0.233 e. The fraction of sp³-hybridized carbons (Fsp3) is 0.500. The summed E-state index contributed by atoms with van der Waals surface area (Å²) in [5.41, 5.74) is 1.46. The molecule has 2 rings (SSSR count). The molecule has 1 aromatic rings. The Balaban J connectivity index is 1.90. The Bertz CT molecular complexity index is 575. The van der Waals surface area contributed by atoms with Crippen LogP contribution >= 0.6 is 11.6 Å². The Morgan fingerprint density at radius 3 is 2.77 bits per heavy atom. The van der Waals surface area contributed by atoms with Gasteiger partial charge in [-0.05, 0) is 45.1 Å². The van der Waals surface area contributed by atoms with Crippen LogP contribution in [0.2, 0.25) is 5.02 Å². The second-order valence-electron chi connectivity index (χ2n) is 5.88. The quantitative estimate of drug-likeness (QED) is 0.864. The Kier molecular flexibility index (Phi) is 5.42. The average Bonchev–Trinajstić information content (AvgIpc) is 2.94. The lowest BCUT2D eigenvalue weighted by molar-refractivity contribution is -0.133. The number of halogens is 1. The van der Waals surface area contributed by atoms with Crippen LogP contribution in [0.3, 0.4) is 0 Å². The zero-order valence-corrected chi connectivity index (χ0v) is 14.0. The Hall–Kier alpha value is -1.59. The first-order valence-electron chi connectivity index (χ1n) is 7.37. The van der Waals surface area contributed by atoms with Crippen LogP contribution in [0.1, 0.15) is 18.4 Å². The van der Waals surface area contributed by atoms with Crippen LogP contribution in [-0.4, -0.2) is 54.8 Å². The second kappa shape index (κ2) is 7.11. The van der Waals surface area contributed by atoms with E-state index in [4.69, 9.17) is 11.6 Å². The van der Waals surface area contributed by atoms with Gasteiger partial charge in [0.1, 0.15) is 6.42 Å². The summed E-state index contributed by atoms with van der Waals surface area (Å²) >= 11 is 6.02. The van der Waals surface area contributed by atoms with E-state index in [0.29, 0.717) is 29.8 Å². The molecule has 1 N–H and O–H groups in total. The highest BCUT2D eigenvalue weighted by Crippen LogP contribution is 2.23. The van der Waals surface area contributed by atoms with Gasteiger partial charge < -0.3 is 15.1 Å². The predicted octanol–water partition coefficient (Wildman–Crippen LogP) is 2.14. The van der Waals surface area contributed by atoms with Crippen LogP contribution in [0, 0.1) is 6.92 Å². The number of hydrogen-bond acceptors (Lipinski definition) is 3. The number of rotatable bonds is 4. The Morgan fingerprint density at radius 2 is 2.14 bits per heavy atom. The number of nitrogens with one attached hydrogen (secondary N) is 1. The van der Waals surface area contributed by atoms with Crippen molar-refractivity contribution in [2.75, 3.05) is 32.5 Å². The minimum Gasteiger partial charge on any atom is -0.341 e. The van der Waals surface area contributed by atoms with E-state index in [2.05, 4.69) is 10.2 Å². The molecular formula is C16H22ClN3O2. The third-order valence-electron chi connectivity index (χ3n) is 4.10.